The van der Waals surface area contributed by atoms with Gasteiger partial charge in [0.2, 0.25) is 0 Å². The van der Waals surface area contributed by atoms with Crippen LogP contribution >= 0.6 is 0 Å². The molecule has 2 heterocycles. The molecule has 0 spiro atoms. The van der Waals surface area contributed by atoms with E-state index in [1.165, 1.54) is 0 Å². The number of halogens is 1. The second-order valence-corrected chi connectivity index (χ2v) is 5.03. The van der Waals surface area contributed by atoms with Crippen LogP contribution in [0.15, 0.2) is 17.1 Å². The van der Waals surface area contributed by atoms with Gasteiger partial charge in [-0.15, -0.1) is 0 Å². The molecule has 108 valence electrons. The van der Waals surface area contributed by atoms with Crippen LogP contribution in [0.2, 0.25) is 0 Å². The first kappa shape index (κ1) is 14.1. The topological polar surface area (TPSA) is 83.9 Å². The molecule has 2 rings (SSSR count). The molecule has 0 radical (unpaired) electrons. The van der Waals surface area contributed by atoms with Gasteiger partial charge < -0.3 is 10.2 Å². The maximum absolute atomic E-state index is 13.4. The van der Waals surface area contributed by atoms with Crippen LogP contribution in [0.1, 0.15) is 30.6 Å². The van der Waals surface area contributed by atoms with Crippen molar-refractivity contribution in [2.24, 2.45) is 5.92 Å². The van der Waals surface area contributed by atoms with Crippen molar-refractivity contribution in [2.75, 3.05) is 0 Å². The molecule has 2 aromatic heterocycles. The average molecular weight is 282 g/mol. The van der Waals surface area contributed by atoms with Gasteiger partial charge in [-0.05, 0) is 12.3 Å². The molecule has 0 aliphatic carbocycles. The van der Waals surface area contributed by atoms with Gasteiger partial charge in [0, 0.05) is 12.6 Å². The zero-order chi connectivity index (χ0) is 15.0. The summed E-state index contributed by atoms with van der Waals surface area (Å²) in [6, 6.07) is 0.993. The van der Waals surface area contributed by atoms with Crippen LogP contribution in [-0.2, 0) is 6.54 Å². The summed E-state index contributed by atoms with van der Waals surface area (Å²) in [7, 11) is 0. The lowest BCUT2D eigenvalue weighted by atomic mass is 10.1. The molecule has 2 N–H and O–H groups in total. The predicted molar refractivity (Wildman–Crippen MR) is 69.7 cm³/mol. The molecule has 0 aliphatic heterocycles. The van der Waals surface area contributed by atoms with Gasteiger partial charge in [0.1, 0.15) is 11.3 Å². The number of nitrogens with zero attached hydrogens (tertiary/aromatic N) is 2. The molecule has 0 bridgehead atoms. The molecule has 0 unspecified atom stereocenters. The summed E-state index contributed by atoms with van der Waals surface area (Å²) >= 11 is 0. The number of carbonyl (C=O) groups is 1. The number of carboxylic acids is 1. The Labute approximate surface area is 113 Å². The number of aromatic nitrogens is 2. The lowest BCUT2D eigenvalue weighted by Gasteiger charge is -2.13. The number of carboxylic acid groups (broad SMARTS) is 1. The average Bonchev–Trinajstić information content (AvgIpc) is 2.70. The van der Waals surface area contributed by atoms with Crippen molar-refractivity contribution in [2.45, 2.75) is 26.8 Å². The SMILES string of the molecule is CC(C)CCn1c(=O)c(C(=O)O)c(O)c2cc(F)cn21. The third kappa shape index (κ3) is 2.26. The molecule has 0 atom stereocenters. The molecular formula is C13H15FN2O4. The van der Waals surface area contributed by atoms with Crippen LogP contribution in [-0.4, -0.2) is 25.4 Å². The second-order valence-electron chi connectivity index (χ2n) is 5.03. The van der Waals surface area contributed by atoms with Gasteiger partial charge in [-0.2, -0.15) is 0 Å². The van der Waals surface area contributed by atoms with Crippen LogP contribution < -0.4 is 5.56 Å². The monoisotopic (exact) mass is 282 g/mol. The van der Waals surface area contributed by atoms with Crippen molar-refractivity contribution >= 4 is 11.5 Å². The number of hydrogen-bond acceptors (Lipinski definition) is 3. The van der Waals surface area contributed by atoms with Gasteiger partial charge in [0.15, 0.2) is 11.3 Å². The van der Waals surface area contributed by atoms with Gasteiger partial charge in [-0.1, -0.05) is 13.8 Å². The first-order chi connectivity index (χ1) is 9.32. The minimum atomic E-state index is -1.53. The van der Waals surface area contributed by atoms with Gasteiger partial charge in [-0.25, -0.2) is 13.9 Å². The van der Waals surface area contributed by atoms with Crippen LogP contribution in [0, 0.1) is 11.7 Å². The van der Waals surface area contributed by atoms with Crippen molar-refractivity contribution in [3.8, 4) is 5.75 Å². The summed E-state index contributed by atoms with van der Waals surface area (Å²) in [5.41, 5.74) is -1.62. The number of rotatable bonds is 4. The molecule has 0 amide bonds. The highest BCUT2D eigenvalue weighted by molar-refractivity contribution is 5.93. The highest BCUT2D eigenvalue weighted by atomic mass is 19.1. The van der Waals surface area contributed by atoms with Crippen LogP contribution in [0.25, 0.3) is 5.52 Å². The molecule has 0 fully saturated rings. The number of aromatic carboxylic acids is 1. The molecule has 20 heavy (non-hydrogen) atoms. The minimum Gasteiger partial charge on any atom is -0.505 e. The first-order valence-corrected chi connectivity index (χ1v) is 6.20. The summed E-state index contributed by atoms with van der Waals surface area (Å²) in [4.78, 5) is 23.3. The highest BCUT2D eigenvalue weighted by Gasteiger charge is 2.22. The Bertz CT molecular complexity index is 730. The van der Waals surface area contributed by atoms with Gasteiger partial charge in [0.25, 0.3) is 5.56 Å². The van der Waals surface area contributed by atoms with E-state index in [0.717, 1.165) is 21.5 Å². The molecule has 2 aromatic rings. The van der Waals surface area contributed by atoms with Crippen LogP contribution in [0.3, 0.4) is 0 Å². The zero-order valence-electron chi connectivity index (χ0n) is 11.1. The third-order valence-corrected chi connectivity index (χ3v) is 3.09. The Morgan fingerprint density at radius 3 is 2.65 bits per heavy atom. The molecule has 0 saturated carbocycles. The summed E-state index contributed by atoms with van der Waals surface area (Å²) in [5, 5.41) is 18.9. The number of aromatic hydroxyl groups is 1. The van der Waals surface area contributed by atoms with E-state index in [-0.39, 0.29) is 12.1 Å². The Kier molecular flexibility index (Phi) is 3.52. The molecular weight excluding hydrogens is 267 g/mol. The standard InChI is InChI=1S/C13H15FN2O4/c1-7(2)3-4-15-12(18)10(13(19)20)11(17)9-5-8(14)6-16(9)15/h5-7,17H,3-4H2,1-2H3,(H,19,20). The molecule has 0 aliphatic rings. The predicted octanol–water partition coefficient (Wildman–Crippen LogP) is 1.69. The Hall–Kier alpha value is -2.31. The van der Waals surface area contributed by atoms with E-state index in [4.69, 9.17) is 5.11 Å². The lowest BCUT2D eigenvalue weighted by Crippen LogP contribution is -2.31. The van der Waals surface area contributed by atoms with E-state index < -0.39 is 28.7 Å². The number of fused-ring (bicyclic) bond motifs is 1. The van der Waals surface area contributed by atoms with Gasteiger partial charge in [0.05, 0.1) is 6.20 Å². The van der Waals surface area contributed by atoms with E-state index in [9.17, 15) is 19.1 Å². The second kappa shape index (κ2) is 4.99. The van der Waals surface area contributed by atoms with Gasteiger partial charge >= 0.3 is 5.97 Å². The highest BCUT2D eigenvalue weighted by Crippen LogP contribution is 2.23. The normalized spacial score (nSPS) is 11.4. The molecule has 7 heteroatoms. The van der Waals surface area contributed by atoms with E-state index in [1.54, 1.807) is 0 Å². The summed E-state index contributed by atoms with van der Waals surface area (Å²) in [5.74, 6) is -2.61. The maximum Gasteiger partial charge on any atom is 0.345 e. The Balaban J connectivity index is 2.76. The maximum atomic E-state index is 13.4. The van der Waals surface area contributed by atoms with E-state index in [1.807, 2.05) is 13.8 Å². The van der Waals surface area contributed by atoms with E-state index in [2.05, 4.69) is 0 Å². The first-order valence-electron chi connectivity index (χ1n) is 6.20. The van der Waals surface area contributed by atoms with Crippen molar-refractivity contribution in [3.63, 3.8) is 0 Å². The third-order valence-electron chi connectivity index (χ3n) is 3.09. The number of aryl methyl sites for hydroxylation is 1. The fourth-order valence-electron chi connectivity index (χ4n) is 2.04. The van der Waals surface area contributed by atoms with Crippen LogP contribution in [0.4, 0.5) is 4.39 Å². The zero-order valence-corrected chi connectivity index (χ0v) is 11.1. The largest absolute Gasteiger partial charge is 0.505 e. The summed E-state index contributed by atoms with van der Waals surface area (Å²) < 4.78 is 15.6. The molecule has 6 nitrogen and oxygen atoms in total. The van der Waals surface area contributed by atoms with Crippen molar-refractivity contribution in [3.05, 3.63) is 34.0 Å². The van der Waals surface area contributed by atoms with Crippen LogP contribution in [0.5, 0.6) is 5.75 Å². The van der Waals surface area contributed by atoms with Gasteiger partial charge in [-0.3, -0.25) is 9.31 Å². The quantitative estimate of drug-likeness (QED) is 0.893. The van der Waals surface area contributed by atoms with E-state index >= 15 is 0 Å². The summed E-state index contributed by atoms with van der Waals surface area (Å²) in [6.07, 6.45) is 1.67. The summed E-state index contributed by atoms with van der Waals surface area (Å²) in [6.45, 7) is 4.15. The fraction of sp³-hybridized carbons (Fsp3) is 0.385. The van der Waals surface area contributed by atoms with Crippen molar-refractivity contribution in [1.29, 1.82) is 0 Å². The number of hydrogen-bond donors (Lipinski definition) is 2. The lowest BCUT2D eigenvalue weighted by molar-refractivity contribution is 0.0690. The minimum absolute atomic E-state index is 0.0387. The van der Waals surface area contributed by atoms with Crippen molar-refractivity contribution in [1.82, 2.24) is 9.20 Å². The Morgan fingerprint density at radius 2 is 2.10 bits per heavy atom. The van der Waals surface area contributed by atoms with E-state index in [0.29, 0.717) is 12.3 Å². The molecule has 0 saturated heterocycles. The smallest absolute Gasteiger partial charge is 0.345 e. The molecule has 0 aromatic carbocycles. The Morgan fingerprint density at radius 1 is 1.45 bits per heavy atom. The fourth-order valence-corrected chi connectivity index (χ4v) is 2.04. The van der Waals surface area contributed by atoms with Crippen molar-refractivity contribution < 1.29 is 19.4 Å².